The van der Waals surface area contributed by atoms with Crippen LogP contribution >= 0.6 is 0 Å². The average molecular weight is 161 g/mol. The van der Waals surface area contributed by atoms with Gasteiger partial charge in [0.15, 0.2) is 0 Å². The van der Waals surface area contributed by atoms with Crippen molar-refractivity contribution < 1.29 is 0 Å². The zero-order valence-corrected chi connectivity index (χ0v) is 8.11. The molecule has 0 aromatic rings. The average Bonchev–Trinajstić information content (AvgIpc) is 2.04. The fourth-order valence-corrected chi connectivity index (χ4v) is 0.529. The standard InChI is InChI=1S/C4H12N2.C4H11N/c1-6-4-2-3-5;1-3-5-4-2/h6H,2-5H2,1H3;5H,3-4H2,1-2H3. The second-order valence-corrected chi connectivity index (χ2v) is 2.20. The lowest BCUT2D eigenvalue weighted by Crippen LogP contribution is -2.12. The van der Waals surface area contributed by atoms with Gasteiger partial charge in [0.25, 0.3) is 0 Å². The van der Waals surface area contributed by atoms with Crippen molar-refractivity contribution in [2.45, 2.75) is 20.3 Å². The molecule has 0 aliphatic rings. The van der Waals surface area contributed by atoms with Crippen molar-refractivity contribution in [1.82, 2.24) is 10.6 Å². The van der Waals surface area contributed by atoms with Crippen LogP contribution in [0.4, 0.5) is 0 Å². The summed E-state index contributed by atoms with van der Waals surface area (Å²) in [4.78, 5) is 0. The van der Waals surface area contributed by atoms with Gasteiger partial charge in [-0.3, -0.25) is 0 Å². The maximum Gasteiger partial charge on any atom is -0.00399 e. The molecule has 0 fully saturated rings. The third-order valence-electron chi connectivity index (χ3n) is 1.13. The minimum absolute atomic E-state index is 0.792. The first-order chi connectivity index (χ1) is 5.33. The Hall–Kier alpha value is -0.120. The Labute approximate surface area is 70.7 Å². The Kier molecular flexibility index (Phi) is 20.2. The summed E-state index contributed by atoms with van der Waals surface area (Å²) in [6.07, 6.45) is 1.08. The van der Waals surface area contributed by atoms with Crippen LogP contribution in [-0.2, 0) is 0 Å². The van der Waals surface area contributed by atoms with Crippen molar-refractivity contribution in [3.8, 4) is 0 Å². The first-order valence-corrected chi connectivity index (χ1v) is 4.38. The molecule has 0 amide bonds. The molecule has 0 spiro atoms. The molecule has 0 saturated heterocycles. The van der Waals surface area contributed by atoms with Crippen molar-refractivity contribution in [3.63, 3.8) is 0 Å². The monoisotopic (exact) mass is 161 g/mol. The third-order valence-corrected chi connectivity index (χ3v) is 1.13. The molecule has 11 heavy (non-hydrogen) atoms. The smallest absolute Gasteiger partial charge is 0.00399 e. The van der Waals surface area contributed by atoms with E-state index >= 15 is 0 Å². The fraction of sp³-hybridized carbons (Fsp3) is 1.00. The van der Waals surface area contributed by atoms with Gasteiger partial charge in [0.1, 0.15) is 0 Å². The maximum absolute atomic E-state index is 5.17. The van der Waals surface area contributed by atoms with Crippen molar-refractivity contribution in [2.75, 3.05) is 33.2 Å². The Morgan fingerprint density at radius 3 is 1.82 bits per heavy atom. The van der Waals surface area contributed by atoms with Crippen LogP contribution in [-0.4, -0.2) is 33.2 Å². The minimum atomic E-state index is 0.792. The lowest BCUT2D eigenvalue weighted by molar-refractivity contribution is 0.733. The molecule has 70 valence electrons. The van der Waals surface area contributed by atoms with Crippen LogP contribution in [0.5, 0.6) is 0 Å². The van der Waals surface area contributed by atoms with Gasteiger partial charge in [-0.25, -0.2) is 0 Å². The van der Waals surface area contributed by atoms with E-state index in [1.54, 1.807) is 0 Å². The zero-order valence-electron chi connectivity index (χ0n) is 8.11. The molecule has 0 bridgehead atoms. The second-order valence-electron chi connectivity index (χ2n) is 2.20. The Bertz CT molecular complexity index is 42.6. The predicted octanol–water partition coefficient (Wildman–Crippen LogP) is 0.170. The van der Waals surface area contributed by atoms with Gasteiger partial charge in [-0.1, -0.05) is 13.8 Å². The molecule has 0 radical (unpaired) electrons. The van der Waals surface area contributed by atoms with E-state index in [4.69, 9.17) is 5.73 Å². The molecule has 4 N–H and O–H groups in total. The van der Waals surface area contributed by atoms with E-state index in [1.165, 1.54) is 0 Å². The van der Waals surface area contributed by atoms with Crippen LogP contribution in [0.1, 0.15) is 20.3 Å². The molecule has 3 heteroatoms. The van der Waals surface area contributed by atoms with Gasteiger partial charge in [-0.2, -0.15) is 0 Å². The van der Waals surface area contributed by atoms with Gasteiger partial charge in [0.2, 0.25) is 0 Å². The van der Waals surface area contributed by atoms with E-state index in [0.717, 1.165) is 32.6 Å². The normalized spacial score (nSPS) is 8.73. The summed E-state index contributed by atoms with van der Waals surface area (Å²) in [5.41, 5.74) is 5.17. The van der Waals surface area contributed by atoms with Gasteiger partial charge < -0.3 is 16.4 Å². The van der Waals surface area contributed by atoms with Crippen LogP contribution in [0, 0.1) is 0 Å². The number of rotatable bonds is 5. The van der Waals surface area contributed by atoms with E-state index in [-0.39, 0.29) is 0 Å². The molecule has 0 aromatic heterocycles. The van der Waals surface area contributed by atoms with Crippen molar-refractivity contribution in [1.29, 1.82) is 0 Å². The summed E-state index contributed by atoms with van der Waals surface area (Å²) in [7, 11) is 1.93. The van der Waals surface area contributed by atoms with Crippen molar-refractivity contribution in [3.05, 3.63) is 0 Å². The van der Waals surface area contributed by atoms with Crippen LogP contribution in [0.3, 0.4) is 0 Å². The third kappa shape index (κ3) is 25.8. The molecule has 0 aromatic carbocycles. The Balaban J connectivity index is 0. The van der Waals surface area contributed by atoms with Crippen molar-refractivity contribution in [2.24, 2.45) is 5.73 Å². The molecule has 3 nitrogen and oxygen atoms in total. The highest BCUT2D eigenvalue weighted by molar-refractivity contribution is 4.38. The van der Waals surface area contributed by atoms with Crippen LogP contribution in [0.15, 0.2) is 0 Å². The number of nitrogens with two attached hydrogens (primary N) is 1. The summed E-state index contributed by atoms with van der Waals surface area (Å²) < 4.78 is 0. The van der Waals surface area contributed by atoms with Gasteiger partial charge in [-0.15, -0.1) is 0 Å². The number of hydrogen-bond donors (Lipinski definition) is 3. The van der Waals surface area contributed by atoms with Gasteiger partial charge >= 0.3 is 0 Å². The quantitative estimate of drug-likeness (QED) is 0.504. The Morgan fingerprint density at radius 2 is 1.73 bits per heavy atom. The maximum atomic E-state index is 5.17. The highest BCUT2D eigenvalue weighted by atomic mass is 14.8. The summed E-state index contributed by atoms with van der Waals surface area (Å²) in [5, 5.41) is 6.10. The van der Waals surface area contributed by atoms with E-state index in [0.29, 0.717) is 0 Å². The highest BCUT2D eigenvalue weighted by Crippen LogP contribution is 1.63. The van der Waals surface area contributed by atoms with Crippen LogP contribution in [0.25, 0.3) is 0 Å². The highest BCUT2D eigenvalue weighted by Gasteiger charge is 1.73. The SMILES string of the molecule is CCNCC.CNCCCN. The molecule has 0 atom stereocenters. The van der Waals surface area contributed by atoms with E-state index in [1.807, 2.05) is 7.05 Å². The zero-order chi connectivity index (χ0) is 8.95. The molecule has 0 heterocycles. The molecule has 0 unspecified atom stereocenters. The van der Waals surface area contributed by atoms with Gasteiger partial charge in [0, 0.05) is 0 Å². The lowest BCUT2D eigenvalue weighted by Gasteiger charge is -1.90. The topological polar surface area (TPSA) is 50.1 Å². The first-order valence-electron chi connectivity index (χ1n) is 4.38. The predicted molar refractivity (Wildman–Crippen MR) is 51.8 cm³/mol. The van der Waals surface area contributed by atoms with Gasteiger partial charge in [0.05, 0.1) is 0 Å². The lowest BCUT2D eigenvalue weighted by atomic mass is 10.4. The minimum Gasteiger partial charge on any atom is -0.330 e. The Morgan fingerprint density at radius 1 is 1.18 bits per heavy atom. The van der Waals surface area contributed by atoms with Gasteiger partial charge in [-0.05, 0) is 39.6 Å². The molecule has 0 rings (SSSR count). The summed E-state index contributed by atoms with van der Waals surface area (Å²) in [6, 6.07) is 0. The van der Waals surface area contributed by atoms with E-state index in [2.05, 4.69) is 24.5 Å². The van der Waals surface area contributed by atoms with Crippen LogP contribution in [0.2, 0.25) is 0 Å². The van der Waals surface area contributed by atoms with E-state index < -0.39 is 0 Å². The molecule has 0 saturated carbocycles. The summed E-state index contributed by atoms with van der Waals surface area (Å²) >= 11 is 0. The fourth-order valence-electron chi connectivity index (χ4n) is 0.529. The molecule has 0 aliphatic heterocycles. The molecule has 0 aliphatic carbocycles. The number of hydrogen-bond acceptors (Lipinski definition) is 3. The largest absolute Gasteiger partial charge is 0.330 e. The summed E-state index contributed by atoms with van der Waals surface area (Å²) in [5.74, 6) is 0. The summed E-state index contributed by atoms with van der Waals surface area (Å²) in [6.45, 7) is 8.22. The van der Waals surface area contributed by atoms with Crippen molar-refractivity contribution >= 4 is 0 Å². The number of nitrogens with one attached hydrogen (secondary N) is 2. The first kappa shape index (κ1) is 13.5. The second kappa shape index (κ2) is 16.5. The molecular weight excluding hydrogens is 138 g/mol. The molecular formula is C8H23N3. The van der Waals surface area contributed by atoms with E-state index in [9.17, 15) is 0 Å². The van der Waals surface area contributed by atoms with Crippen LogP contribution < -0.4 is 16.4 Å².